The molecule has 6 heteroatoms. The van der Waals surface area contributed by atoms with E-state index in [2.05, 4.69) is 26.1 Å². The fraction of sp³-hybridized carbons (Fsp3) is 0.200. The minimum absolute atomic E-state index is 0.318. The molecule has 4 nitrogen and oxygen atoms in total. The first kappa shape index (κ1) is 11.2. The number of hydrogen-bond acceptors (Lipinski definition) is 4. The Labute approximate surface area is 99.8 Å². The standard InChI is InChI=1S/C10H9BrFN3O/c1-5(13)10-14-9(15-16-10)7-4-6(12)2-3-8(7)11/h2-5H,13H2,1H3. The highest BCUT2D eigenvalue weighted by molar-refractivity contribution is 9.10. The van der Waals surface area contributed by atoms with E-state index in [9.17, 15) is 4.39 Å². The highest BCUT2D eigenvalue weighted by Crippen LogP contribution is 2.27. The Bertz CT molecular complexity index is 513. The predicted octanol–water partition coefficient (Wildman–Crippen LogP) is 2.66. The van der Waals surface area contributed by atoms with E-state index in [4.69, 9.17) is 10.3 Å². The maximum absolute atomic E-state index is 13.1. The maximum Gasteiger partial charge on any atom is 0.243 e. The first-order valence-corrected chi connectivity index (χ1v) is 5.42. The first-order valence-electron chi connectivity index (χ1n) is 4.62. The summed E-state index contributed by atoms with van der Waals surface area (Å²) in [6.45, 7) is 1.73. The van der Waals surface area contributed by atoms with Gasteiger partial charge in [-0.05, 0) is 25.1 Å². The molecule has 2 aromatic rings. The summed E-state index contributed by atoms with van der Waals surface area (Å²) in [7, 11) is 0. The second-order valence-electron chi connectivity index (χ2n) is 3.37. The molecular formula is C10H9BrFN3O. The molecule has 1 unspecified atom stereocenters. The van der Waals surface area contributed by atoms with Gasteiger partial charge in [0, 0.05) is 10.0 Å². The molecule has 16 heavy (non-hydrogen) atoms. The fourth-order valence-corrected chi connectivity index (χ4v) is 1.62. The zero-order valence-electron chi connectivity index (χ0n) is 8.45. The molecule has 1 aromatic carbocycles. The van der Waals surface area contributed by atoms with Gasteiger partial charge in [0.15, 0.2) is 0 Å². The van der Waals surface area contributed by atoms with Crippen LogP contribution in [0.3, 0.4) is 0 Å². The summed E-state index contributed by atoms with van der Waals surface area (Å²) in [5.41, 5.74) is 6.13. The van der Waals surface area contributed by atoms with Gasteiger partial charge in [-0.1, -0.05) is 21.1 Å². The highest BCUT2D eigenvalue weighted by atomic mass is 79.9. The fourth-order valence-electron chi connectivity index (χ4n) is 1.20. The van der Waals surface area contributed by atoms with Crippen LogP contribution >= 0.6 is 15.9 Å². The van der Waals surface area contributed by atoms with E-state index >= 15 is 0 Å². The lowest BCUT2D eigenvalue weighted by atomic mass is 10.2. The Hall–Kier alpha value is -1.27. The van der Waals surface area contributed by atoms with Gasteiger partial charge in [-0.3, -0.25) is 0 Å². The molecule has 0 amide bonds. The smallest absolute Gasteiger partial charge is 0.243 e. The molecule has 2 N–H and O–H groups in total. The van der Waals surface area contributed by atoms with Gasteiger partial charge < -0.3 is 10.3 Å². The second kappa shape index (κ2) is 4.31. The van der Waals surface area contributed by atoms with E-state index in [1.54, 1.807) is 13.0 Å². The Morgan fingerprint density at radius 2 is 2.25 bits per heavy atom. The molecule has 1 heterocycles. The van der Waals surface area contributed by atoms with Crippen LogP contribution in [-0.2, 0) is 0 Å². The molecule has 0 aliphatic rings. The summed E-state index contributed by atoms with van der Waals surface area (Å²) in [4.78, 5) is 4.08. The van der Waals surface area contributed by atoms with E-state index in [0.29, 0.717) is 21.8 Å². The number of benzene rings is 1. The van der Waals surface area contributed by atoms with Crippen LogP contribution in [-0.4, -0.2) is 10.1 Å². The molecule has 0 saturated carbocycles. The molecule has 0 spiro atoms. The summed E-state index contributed by atoms with van der Waals surface area (Å²) < 4.78 is 18.7. The summed E-state index contributed by atoms with van der Waals surface area (Å²) >= 11 is 3.29. The molecule has 1 aromatic heterocycles. The molecule has 0 fully saturated rings. The van der Waals surface area contributed by atoms with Crippen molar-refractivity contribution in [1.82, 2.24) is 10.1 Å². The molecule has 84 valence electrons. The van der Waals surface area contributed by atoms with Crippen molar-refractivity contribution in [3.8, 4) is 11.4 Å². The summed E-state index contributed by atoms with van der Waals surface area (Å²) in [6, 6.07) is 3.93. The number of hydrogen-bond donors (Lipinski definition) is 1. The van der Waals surface area contributed by atoms with Crippen LogP contribution in [0.2, 0.25) is 0 Å². The molecular weight excluding hydrogens is 277 g/mol. The third kappa shape index (κ3) is 2.12. The number of aromatic nitrogens is 2. The van der Waals surface area contributed by atoms with Gasteiger partial charge in [-0.15, -0.1) is 0 Å². The molecule has 0 bridgehead atoms. The highest BCUT2D eigenvalue weighted by Gasteiger charge is 2.14. The topological polar surface area (TPSA) is 64.9 Å². The zero-order chi connectivity index (χ0) is 11.7. The van der Waals surface area contributed by atoms with Crippen molar-refractivity contribution in [2.45, 2.75) is 13.0 Å². The number of nitrogens with zero attached hydrogens (tertiary/aromatic N) is 2. The van der Waals surface area contributed by atoms with Crippen molar-refractivity contribution in [2.75, 3.05) is 0 Å². The largest absolute Gasteiger partial charge is 0.337 e. The monoisotopic (exact) mass is 285 g/mol. The van der Waals surface area contributed by atoms with E-state index < -0.39 is 0 Å². The van der Waals surface area contributed by atoms with E-state index in [1.807, 2.05) is 0 Å². The van der Waals surface area contributed by atoms with Crippen molar-refractivity contribution in [3.05, 3.63) is 34.4 Å². The van der Waals surface area contributed by atoms with Gasteiger partial charge in [-0.25, -0.2) is 4.39 Å². The average Bonchev–Trinajstić information content (AvgIpc) is 2.70. The minimum atomic E-state index is -0.356. The van der Waals surface area contributed by atoms with Crippen molar-refractivity contribution in [2.24, 2.45) is 5.73 Å². The molecule has 0 radical (unpaired) electrons. The Morgan fingerprint density at radius 3 is 2.88 bits per heavy atom. The van der Waals surface area contributed by atoms with Crippen LogP contribution in [0.15, 0.2) is 27.2 Å². The van der Waals surface area contributed by atoms with Gasteiger partial charge in [-0.2, -0.15) is 4.98 Å². The van der Waals surface area contributed by atoms with Crippen LogP contribution in [0, 0.1) is 5.82 Å². The first-order chi connectivity index (χ1) is 7.58. The Balaban J connectivity index is 2.46. The minimum Gasteiger partial charge on any atom is -0.337 e. The van der Waals surface area contributed by atoms with Crippen molar-refractivity contribution in [1.29, 1.82) is 0 Å². The summed E-state index contributed by atoms with van der Waals surface area (Å²) in [6.07, 6.45) is 0. The predicted molar refractivity (Wildman–Crippen MR) is 60.0 cm³/mol. The van der Waals surface area contributed by atoms with Gasteiger partial charge >= 0.3 is 0 Å². The van der Waals surface area contributed by atoms with E-state index in [1.165, 1.54) is 12.1 Å². The third-order valence-electron chi connectivity index (χ3n) is 2.00. The van der Waals surface area contributed by atoms with Crippen molar-refractivity contribution in [3.63, 3.8) is 0 Å². The Kier molecular flexibility index (Phi) is 3.02. The Morgan fingerprint density at radius 1 is 1.50 bits per heavy atom. The van der Waals surface area contributed by atoms with Crippen LogP contribution in [0.25, 0.3) is 11.4 Å². The molecule has 0 aliphatic carbocycles. The van der Waals surface area contributed by atoms with Gasteiger partial charge in [0.05, 0.1) is 6.04 Å². The van der Waals surface area contributed by atoms with E-state index in [-0.39, 0.29) is 11.9 Å². The molecule has 1 atom stereocenters. The van der Waals surface area contributed by atoms with E-state index in [0.717, 1.165) is 0 Å². The third-order valence-corrected chi connectivity index (χ3v) is 2.69. The normalized spacial score (nSPS) is 12.8. The van der Waals surface area contributed by atoms with Crippen molar-refractivity contribution >= 4 is 15.9 Å². The van der Waals surface area contributed by atoms with Crippen LogP contribution in [0.5, 0.6) is 0 Å². The summed E-state index contributed by atoms with van der Waals surface area (Å²) in [5, 5.41) is 3.75. The molecule has 0 saturated heterocycles. The van der Waals surface area contributed by atoms with Crippen LogP contribution in [0.4, 0.5) is 4.39 Å². The molecule has 2 rings (SSSR count). The van der Waals surface area contributed by atoms with Crippen LogP contribution in [0.1, 0.15) is 18.9 Å². The van der Waals surface area contributed by atoms with Gasteiger partial charge in [0.1, 0.15) is 5.82 Å². The maximum atomic E-state index is 13.1. The number of halogens is 2. The SMILES string of the molecule is CC(N)c1nc(-c2cc(F)ccc2Br)no1. The van der Waals surface area contributed by atoms with Gasteiger partial charge in [0.2, 0.25) is 11.7 Å². The molecule has 0 aliphatic heterocycles. The van der Waals surface area contributed by atoms with Crippen LogP contribution < -0.4 is 5.73 Å². The lowest BCUT2D eigenvalue weighted by Crippen LogP contribution is -2.04. The van der Waals surface area contributed by atoms with Gasteiger partial charge in [0.25, 0.3) is 0 Å². The van der Waals surface area contributed by atoms with Crippen molar-refractivity contribution < 1.29 is 8.91 Å². The lowest BCUT2D eigenvalue weighted by molar-refractivity contribution is 0.362. The second-order valence-corrected chi connectivity index (χ2v) is 4.22. The summed E-state index contributed by atoms with van der Waals surface area (Å²) in [5.74, 6) is 0.287. The number of nitrogens with two attached hydrogens (primary N) is 1. The average molecular weight is 286 g/mol. The quantitative estimate of drug-likeness (QED) is 0.921. The zero-order valence-corrected chi connectivity index (χ0v) is 10.0. The number of rotatable bonds is 2. The lowest BCUT2D eigenvalue weighted by Gasteiger charge is -1.98.